The average molecular weight is 169 g/mol. The lowest BCUT2D eigenvalue weighted by molar-refractivity contribution is 0.0821. The molecular weight excluding hydrogens is 158 g/mol. The summed E-state index contributed by atoms with van der Waals surface area (Å²) < 4.78 is 1.26. The summed E-state index contributed by atoms with van der Waals surface area (Å²) in [6, 6.07) is 1.28. The maximum absolute atomic E-state index is 11.3. The summed E-state index contributed by atoms with van der Waals surface area (Å²) >= 11 is 0. The Bertz CT molecular complexity index is 348. The highest BCUT2D eigenvalue weighted by molar-refractivity contribution is 5.91. The average Bonchev–Trinajstić information content (AvgIpc) is 2.30. The zero-order valence-electron chi connectivity index (χ0n) is 7.29. The second-order valence-electron chi connectivity index (χ2n) is 2.77. The van der Waals surface area contributed by atoms with Gasteiger partial charge >= 0.3 is 0 Å². The Balaban J connectivity index is 3.05. The van der Waals surface area contributed by atoms with Gasteiger partial charge in [0.15, 0.2) is 0 Å². The van der Waals surface area contributed by atoms with Gasteiger partial charge in [-0.25, -0.2) is 0 Å². The van der Waals surface area contributed by atoms with E-state index in [2.05, 4.69) is 5.10 Å². The third-order valence-electron chi connectivity index (χ3n) is 1.52. The molecule has 0 aliphatic heterocycles. The number of aromatic nitrogens is 2. The second-order valence-corrected chi connectivity index (χ2v) is 2.77. The van der Waals surface area contributed by atoms with E-state index >= 15 is 0 Å². The van der Waals surface area contributed by atoms with E-state index in [4.69, 9.17) is 0 Å². The standard InChI is InChI=1S/C7H11N3O2/c1-9(2)7(12)5-4-6(11)10(3)8-5/h4,8H,1-3H3. The van der Waals surface area contributed by atoms with Crippen LogP contribution in [0.2, 0.25) is 0 Å². The number of hydrogen-bond acceptors (Lipinski definition) is 2. The van der Waals surface area contributed by atoms with Crippen molar-refractivity contribution in [3.63, 3.8) is 0 Å². The van der Waals surface area contributed by atoms with Gasteiger partial charge in [-0.15, -0.1) is 0 Å². The van der Waals surface area contributed by atoms with Gasteiger partial charge in [-0.05, 0) is 0 Å². The third-order valence-corrected chi connectivity index (χ3v) is 1.52. The normalized spacial score (nSPS) is 9.92. The van der Waals surface area contributed by atoms with Crippen LogP contribution in [0.25, 0.3) is 0 Å². The molecule has 0 fully saturated rings. The van der Waals surface area contributed by atoms with Gasteiger partial charge in [-0.3, -0.25) is 19.4 Å². The number of amides is 1. The first-order valence-electron chi connectivity index (χ1n) is 3.50. The fourth-order valence-corrected chi connectivity index (χ4v) is 0.839. The Morgan fingerprint density at radius 1 is 1.58 bits per heavy atom. The van der Waals surface area contributed by atoms with Crippen molar-refractivity contribution in [3.05, 3.63) is 22.1 Å². The summed E-state index contributed by atoms with van der Waals surface area (Å²) in [5.41, 5.74) is 0.104. The first kappa shape index (κ1) is 8.58. The molecule has 5 nitrogen and oxygen atoms in total. The lowest BCUT2D eigenvalue weighted by Crippen LogP contribution is -2.22. The van der Waals surface area contributed by atoms with E-state index in [1.54, 1.807) is 21.1 Å². The number of aromatic amines is 1. The van der Waals surface area contributed by atoms with E-state index in [0.29, 0.717) is 5.69 Å². The van der Waals surface area contributed by atoms with E-state index in [-0.39, 0.29) is 11.5 Å². The Hall–Kier alpha value is -1.52. The van der Waals surface area contributed by atoms with Crippen molar-refractivity contribution >= 4 is 5.91 Å². The molecule has 1 heterocycles. The minimum atomic E-state index is -0.208. The van der Waals surface area contributed by atoms with Gasteiger partial charge < -0.3 is 4.90 Å². The van der Waals surface area contributed by atoms with Crippen LogP contribution in [-0.2, 0) is 7.05 Å². The Kier molecular flexibility index (Phi) is 2.03. The number of aryl methyl sites for hydroxylation is 1. The SMILES string of the molecule is CN(C)C(=O)c1cc(=O)n(C)[nH]1. The maximum Gasteiger partial charge on any atom is 0.271 e. The summed E-state index contributed by atoms with van der Waals surface area (Å²) in [5, 5.41) is 2.64. The van der Waals surface area contributed by atoms with Gasteiger partial charge in [0.1, 0.15) is 5.69 Å². The van der Waals surface area contributed by atoms with Crippen LogP contribution in [0.4, 0.5) is 0 Å². The molecule has 1 N–H and O–H groups in total. The van der Waals surface area contributed by atoms with Crippen LogP contribution < -0.4 is 5.56 Å². The van der Waals surface area contributed by atoms with E-state index in [1.165, 1.54) is 15.6 Å². The monoisotopic (exact) mass is 169 g/mol. The van der Waals surface area contributed by atoms with Crippen LogP contribution in [0.15, 0.2) is 10.9 Å². The van der Waals surface area contributed by atoms with Crippen LogP contribution in [0, 0.1) is 0 Å². The molecule has 0 aromatic carbocycles. The van der Waals surface area contributed by atoms with Crippen molar-refractivity contribution in [1.82, 2.24) is 14.7 Å². The fraction of sp³-hybridized carbons (Fsp3) is 0.429. The van der Waals surface area contributed by atoms with E-state index in [0.717, 1.165) is 0 Å². The quantitative estimate of drug-likeness (QED) is 0.611. The summed E-state index contributed by atoms with van der Waals surface area (Å²) in [6.45, 7) is 0. The number of nitrogens with zero attached hydrogens (tertiary/aromatic N) is 2. The molecule has 0 saturated carbocycles. The van der Waals surface area contributed by atoms with Crippen molar-refractivity contribution in [2.24, 2.45) is 7.05 Å². The summed E-state index contributed by atoms with van der Waals surface area (Å²) in [5.74, 6) is -0.201. The van der Waals surface area contributed by atoms with Gasteiger partial charge in [0, 0.05) is 27.2 Å². The van der Waals surface area contributed by atoms with Crippen LogP contribution in [0.5, 0.6) is 0 Å². The summed E-state index contributed by atoms with van der Waals surface area (Å²) in [4.78, 5) is 23.6. The number of carbonyl (C=O) groups is 1. The number of hydrogen-bond donors (Lipinski definition) is 1. The number of rotatable bonds is 1. The molecule has 1 aromatic heterocycles. The maximum atomic E-state index is 11.3. The lowest BCUT2D eigenvalue weighted by Gasteiger charge is -2.06. The number of carbonyl (C=O) groups excluding carboxylic acids is 1. The zero-order valence-corrected chi connectivity index (χ0v) is 7.29. The van der Waals surface area contributed by atoms with Gasteiger partial charge in [0.05, 0.1) is 0 Å². The topological polar surface area (TPSA) is 58.1 Å². The number of nitrogens with one attached hydrogen (secondary N) is 1. The predicted octanol–water partition coefficient (Wildman–Crippen LogP) is -0.585. The molecule has 5 heteroatoms. The Morgan fingerprint density at radius 3 is 2.50 bits per heavy atom. The van der Waals surface area contributed by atoms with Gasteiger partial charge in [0.25, 0.3) is 11.5 Å². The van der Waals surface area contributed by atoms with Crippen molar-refractivity contribution in [2.45, 2.75) is 0 Å². The minimum Gasteiger partial charge on any atom is -0.343 e. The first-order chi connectivity index (χ1) is 5.52. The largest absolute Gasteiger partial charge is 0.343 e. The van der Waals surface area contributed by atoms with Gasteiger partial charge in [0.2, 0.25) is 0 Å². The molecular formula is C7H11N3O2. The van der Waals surface area contributed by atoms with Crippen molar-refractivity contribution in [1.29, 1.82) is 0 Å². The molecule has 66 valence electrons. The molecule has 0 unspecified atom stereocenters. The molecule has 1 amide bonds. The predicted molar refractivity (Wildman–Crippen MR) is 44.1 cm³/mol. The fourth-order valence-electron chi connectivity index (χ4n) is 0.839. The van der Waals surface area contributed by atoms with Crippen molar-refractivity contribution < 1.29 is 4.79 Å². The molecule has 0 saturated heterocycles. The minimum absolute atomic E-state index is 0.201. The van der Waals surface area contributed by atoms with Gasteiger partial charge in [-0.1, -0.05) is 0 Å². The molecule has 0 aliphatic carbocycles. The second kappa shape index (κ2) is 2.84. The molecule has 1 aromatic rings. The number of H-pyrrole nitrogens is 1. The molecule has 0 bridgehead atoms. The molecule has 12 heavy (non-hydrogen) atoms. The Morgan fingerprint density at radius 2 is 2.17 bits per heavy atom. The van der Waals surface area contributed by atoms with Crippen LogP contribution in [-0.4, -0.2) is 34.7 Å². The van der Waals surface area contributed by atoms with E-state index in [1.807, 2.05) is 0 Å². The molecule has 0 aliphatic rings. The van der Waals surface area contributed by atoms with Crippen molar-refractivity contribution in [3.8, 4) is 0 Å². The molecule has 0 spiro atoms. The highest BCUT2D eigenvalue weighted by Gasteiger charge is 2.10. The first-order valence-corrected chi connectivity index (χ1v) is 3.50. The lowest BCUT2D eigenvalue weighted by atomic mass is 10.4. The highest BCUT2D eigenvalue weighted by Crippen LogP contribution is 1.93. The third kappa shape index (κ3) is 1.39. The smallest absolute Gasteiger partial charge is 0.271 e. The summed E-state index contributed by atoms with van der Waals surface area (Å²) in [7, 11) is 4.83. The van der Waals surface area contributed by atoms with Gasteiger partial charge in [-0.2, -0.15) is 0 Å². The summed E-state index contributed by atoms with van der Waals surface area (Å²) in [6.07, 6.45) is 0. The van der Waals surface area contributed by atoms with Crippen LogP contribution >= 0.6 is 0 Å². The Labute approximate surface area is 69.6 Å². The van der Waals surface area contributed by atoms with Crippen LogP contribution in [0.3, 0.4) is 0 Å². The highest BCUT2D eigenvalue weighted by atomic mass is 16.2. The van der Waals surface area contributed by atoms with Crippen molar-refractivity contribution in [2.75, 3.05) is 14.1 Å². The molecule has 0 atom stereocenters. The van der Waals surface area contributed by atoms with E-state index < -0.39 is 0 Å². The molecule has 1 rings (SSSR count). The van der Waals surface area contributed by atoms with E-state index in [9.17, 15) is 9.59 Å². The molecule has 0 radical (unpaired) electrons. The van der Waals surface area contributed by atoms with Crippen LogP contribution in [0.1, 0.15) is 10.5 Å². The zero-order chi connectivity index (χ0) is 9.30.